The van der Waals surface area contributed by atoms with Gasteiger partial charge in [-0.15, -0.1) is 5.10 Å². The number of carbonyl (C=O) groups excluding carboxylic acids is 1. The number of hydrogen-bond donors (Lipinski definition) is 1. The highest BCUT2D eigenvalue weighted by molar-refractivity contribution is 7.07. The van der Waals surface area contributed by atoms with Crippen molar-refractivity contribution in [3.63, 3.8) is 0 Å². The molecule has 0 atom stereocenters. The van der Waals surface area contributed by atoms with Gasteiger partial charge in [-0.3, -0.25) is 4.79 Å². The zero-order chi connectivity index (χ0) is 12.3. The molecule has 2 heterocycles. The van der Waals surface area contributed by atoms with E-state index in [0.29, 0.717) is 18.0 Å². The molecule has 1 aliphatic heterocycles. The molecule has 1 saturated heterocycles. The zero-order valence-electron chi connectivity index (χ0n) is 9.93. The lowest BCUT2D eigenvalue weighted by Crippen LogP contribution is -2.44. The maximum Gasteiger partial charge on any atom is 0.267 e. The molecule has 0 saturated carbocycles. The predicted molar refractivity (Wildman–Crippen MR) is 64.9 cm³/mol. The molecule has 1 aliphatic rings. The van der Waals surface area contributed by atoms with Gasteiger partial charge in [0.1, 0.15) is 4.88 Å². The molecule has 1 N–H and O–H groups in total. The Morgan fingerprint density at radius 1 is 1.59 bits per heavy atom. The molecule has 0 spiro atoms. The van der Waals surface area contributed by atoms with Gasteiger partial charge in [-0.05, 0) is 36.2 Å². The van der Waals surface area contributed by atoms with E-state index in [1.54, 1.807) is 0 Å². The van der Waals surface area contributed by atoms with Crippen LogP contribution in [0, 0.1) is 5.41 Å². The molecule has 0 aliphatic carbocycles. The predicted octanol–water partition coefficient (Wildman–Crippen LogP) is 1.16. The Bertz CT molecular complexity index is 366. The van der Waals surface area contributed by atoms with Crippen molar-refractivity contribution in [1.29, 1.82) is 0 Å². The van der Waals surface area contributed by atoms with Crippen LogP contribution in [-0.4, -0.2) is 45.2 Å². The van der Waals surface area contributed by atoms with E-state index in [1.165, 1.54) is 6.20 Å². The Kier molecular flexibility index (Phi) is 3.73. The molecule has 1 aromatic rings. The molecule has 0 unspecified atom stereocenters. The summed E-state index contributed by atoms with van der Waals surface area (Å²) in [7, 11) is 0. The van der Waals surface area contributed by atoms with Crippen LogP contribution in [0.3, 0.4) is 0 Å². The van der Waals surface area contributed by atoms with Gasteiger partial charge in [-0.2, -0.15) is 0 Å². The summed E-state index contributed by atoms with van der Waals surface area (Å²) in [6, 6.07) is 0. The maximum absolute atomic E-state index is 12.0. The quantitative estimate of drug-likeness (QED) is 0.880. The van der Waals surface area contributed by atoms with Crippen LogP contribution in [0.15, 0.2) is 6.20 Å². The summed E-state index contributed by atoms with van der Waals surface area (Å²) in [5.41, 5.74) is 0.0166. The Morgan fingerprint density at radius 2 is 2.29 bits per heavy atom. The van der Waals surface area contributed by atoms with Gasteiger partial charge in [0.25, 0.3) is 5.91 Å². The van der Waals surface area contributed by atoms with E-state index in [2.05, 4.69) is 16.5 Å². The van der Waals surface area contributed by atoms with Gasteiger partial charge in [-0.25, -0.2) is 0 Å². The fourth-order valence-corrected chi connectivity index (χ4v) is 2.71. The molecule has 5 nitrogen and oxygen atoms in total. The van der Waals surface area contributed by atoms with Gasteiger partial charge in [0.2, 0.25) is 0 Å². The van der Waals surface area contributed by atoms with Gasteiger partial charge < -0.3 is 10.0 Å². The lowest BCUT2D eigenvalue weighted by atomic mass is 9.77. The molecule has 1 aromatic heterocycles. The fourth-order valence-electron chi connectivity index (χ4n) is 2.22. The van der Waals surface area contributed by atoms with Gasteiger partial charge in [0.05, 0.1) is 6.20 Å². The SMILES string of the molecule is CCC1(CO)CCN(C(=O)c2cnns2)CC1. The highest BCUT2D eigenvalue weighted by Gasteiger charge is 2.34. The Balaban J connectivity index is 1.97. The number of aromatic nitrogens is 2. The monoisotopic (exact) mass is 255 g/mol. The molecule has 6 heteroatoms. The van der Waals surface area contributed by atoms with E-state index in [1.807, 2.05) is 4.90 Å². The molecule has 2 rings (SSSR count). The second kappa shape index (κ2) is 5.10. The van der Waals surface area contributed by atoms with E-state index in [-0.39, 0.29) is 17.9 Å². The van der Waals surface area contributed by atoms with Gasteiger partial charge >= 0.3 is 0 Å². The highest BCUT2D eigenvalue weighted by Crippen LogP contribution is 2.34. The van der Waals surface area contributed by atoms with Crippen molar-refractivity contribution < 1.29 is 9.90 Å². The summed E-state index contributed by atoms with van der Waals surface area (Å²) in [5.74, 6) is 0.0163. The summed E-state index contributed by atoms with van der Waals surface area (Å²) in [6.45, 7) is 3.74. The largest absolute Gasteiger partial charge is 0.396 e. The number of amides is 1. The minimum atomic E-state index is 0.0163. The second-order valence-corrected chi connectivity index (χ2v) is 5.37. The van der Waals surface area contributed by atoms with Crippen molar-refractivity contribution in [2.24, 2.45) is 5.41 Å². The molecule has 0 radical (unpaired) electrons. The van der Waals surface area contributed by atoms with Crippen molar-refractivity contribution in [1.82, 2.24) is 14.5 Å². The number of likely N-dealkylation sites (tertiary alicyclic amines) is 1. The summed E-state index contributed by atoms with van der Waals surface area (Å²) < 4.78 is 3.70. The lowest BCUT2D eigenvalue weighted by Gasteiger charge is -2.40. The minimum Gasteiger partial charge on any atom is -0.396 e. The summed E-state index contributed by atoms with van der Waals surface area (Å²) >= 11 is 1.13. The van der Waals surface area contributed by atoms with Crippen LogP contribution in [0.4, 0.5) is 0 Å². The number of carbonyl (C=O) groups is 1. The number of aliphatic hydroxyl groups excluding tert-OH is 1. The first-order valence-corrected chi connectivity index (χ1v) is 6.65. The van der Waals surface area contributed by atoms with Crippen LogP contribution < -0.4 is 0 Å². The molecule has 17 heavy (non-hydrogen) atoms. The Morgan fingerprint density at radius 3 is 2.76 bits per heavy atom. The average molecular weight is 255 g/mol. The van der Waals surface area contributed by atoms with Crippen molar-refractivity contribution >= 4 is 17.4 Å². The third kappa shape index (κ3) is 2.47. The molecule has 1 fully saturated rings. The van der Waals surface area contributed by atoms with Crippen LogP contribution in [0.25, 0.3) is 0 Å². The maximum atomic E-state index is 12.0. The number of piperidine rings is 1. The molecule has 0 aromatic carbocycles. The fraction of sp³-hybridized carbons (Fsp3) is 0.727. The minimum absolute atomic E-state index is 0.0163. The summed E-state index contributed by atoms with van der Waals surface area (Å²) in [4.78, 5) is 14.5. The first kappa shape index (κ1) is 12.4. The van der Waals surface area contributed by atoms with Crippen LogP contribution in [0.5, 0.6) is 0 Å². The average Bonchev–Trinajstić information content (AvgIpc) is 2.92. The van der Waals surface area contributed by atoms with Crippen molar-refractivity contribution in [2.45, 2.75) is 26.2 Å². The number of aliphatic hydroxyl groups is 1. The van der Waals surface area contributed by atoms with Crippen molar-refractivity contribution in [3.8, 4) is 0 Å². The lowest BCUT2D eigenvalue weighted by molar-refractivity contribution is 0.0341. The first-order chi connectivity index (χ1) is 8.21. The normalized spacial score (nSPS) is 19.3. The second-order valence-electron chi connectivity index (χ2n) is 4.59. The molecular formula is C11H17N3O2S. The smallest absolute Gasteiger partial charge is 0.267 e. The van der Waals surface area contributed by atoms with Crippen LogP contribution in [0.1, 0.15) is 35.9 Å². The van der Waals surface area contributed by atoms with Crippen LogP contribution in [0.2, 0.25) is 0 Å². The van der Waals surface area contributed by atoms with Crippen LogP contribution in [-0.2, 0) is 0 Å². The van der Waals surface area contributed by atoms with E-state index in [9.17, 15) is 9.90 Å². The number of hydrogen-bond acceptors (Lipinski definition) is 5. The number of nitrogens with zero attached hydrogens (tertiary/aromatic N) is 3. The van der Waals surface area contributed by atoms with E-state index < -0.39 is 0 Å². The van der Waals surface area contributed by atoms with E-state index in [4.69, 9.17) is 0 Å². The van der Waals surface area contributed by atoms with E-state index >= 15 is 0 Å². The van der Waals surface area contributed by atoms with Gasteiger partial charge in [0.15, 0.2) is 0 Å². The van der Waals surface area contributed by atoms with Gasteiger partial charge in [0, 0.05) is 19.7 Å². The Hall–Kier alpha value is -1.01. The van der Waals surface area contributed by atoms with Crippen molar-refractivity contribution in [3.05, 3.63) is 11.1 Å². The number of rotatable bonds is 3. The molecular weight excluding hydrogens is 238 g/mol. The first-order valence-electron chi connectivity index (χ1n) is 5.88. The Labute approximate surface area is 105 Å². The topological polar surface area (TPSA) is 66.3 Å². The summed E-state index contributed by atoms with van der Waals surface area (Å²) in [6.07, 6.45) is 4.23. The van der Waals surface area contributed by atoms with Crippen molar-refractivity contribution in [2.75, 3.05) is 19.7 Å². The zero-order valence-corrected chi connectivity index (χ0v) is 10.7. The highest BCUT2D eigenvalue weighted by atomic mass is 32.1. The third-order valence-electron chi connectivity index (χ3n) is 3.77. The molecule has 0 bridgehead atoms. The standard InChI is InChI=1S/C11H17N3O2S/c1-2-11(8-15)3-5-14(6-4-11)10(16)9-7-12-13-17-9/h7,15H,2-6,8H2,1H3. The molecule has 94 valence electrons. The van der Waals surface area contributed by atoms with E-state index in [0.717, 1.165) is 30.8 Å². The van der Waals surface area contributed by atoms with Gasteiger partial charge in [-0.1, -0.05) is 11.4 Å². The third-order valence-corrected chi connectivity index (χ3v) is 4.42. The summed E-state index contributed by atoms with van der Waals surface area (Å²) in [5, 5.41) is 13.1. The van der Waals surface area contributed by atoms with Crippen LogP contribution >= 0.6 is 11.5 Å². The molecule has 1 amide bonds.